The van der Waals surface area contributed by atoms with Crippen LogP contribution in [-0.4, -0.2) is 80.0 Å². The molecule has 2 amide bonds. The van der Waals surface area contributed by atoms with Gasteiger partial charge < -0.3 is 20.3 Å². The summed E-state index contributed by atoms with van der Waals surface area (Å²) in [7, 11) is -3.40. The van der Waals surface area contributed by atoms with Crippen molar-refractivity contribution in [3.8, 4) is 0 Å². The quantitative estimate of drug-likeness (QED) is 0.740. The van der Waals surface area contributed by atoms with Gasteiger partial charge in [0.25, 0.3) is 0 Å². The third-order valence-electron chi connectivity index (χ3n) is 3.11. The number of sulfone groups is 1. The van der Waals surface area contributed by atoms with Gasteiger partial charge in [-0.2, -0.15) is 0 Å². The van der Waals surface area contributed by atoms with Crippen molar-refractivity contribution in [2.75, 3.05) is 38.2 Å². The summed E-state index contributed by atoms with van der Waals surface area (Å²) in [6, 6.07) is -0.407. The third kappa shape index (κ3) is 5.80. The first-order chi connectivity index (χ1) is 9.93. The van der Waals surface area contributed by atoms with Crippen LogP contribution >= 0.6 is 0 Å². The first-order valence-corrected chi connectivity index (χ1v) is 9.14. The SMILES string of the molecule is CC(C)(C)OC(=O)N1CCN(C(=O)CS(C)(=O)=O)C(CN)C1. The molecule has 1 heterocycles. The zero-order chi connectivity index (χ0) is 17.1. The average Bonchev–Trinajstić information content (AvgIpc) is 2.33. The van der Waals surface area contributed by atoms with Crippen LogP contribution in [0.2, 0.25) is 0 Å². The number of hydrogen-bond acceptors (Lipinski definition) is 6. The smallest absolute Gasteiger partial charge is 0.410 e. The molecular weight excluding hydrogens is 310 g/mol. The summed E-state index contributed by atoms with van der Waals surface area (Å²) in [5.74, 6) is -1.03. The first kappa shape index (κ1) is 18.7. The van der Waals surface area contributed by atoms with Crippen molar-refractivity contribution in [2.45, 2.75) is 32.4 Å². The first-order valence-electron chi connectivity index (χ1n) is 7.08. The van der Waals surface area contributed by atoms with Gasteiger partial charge in [-0.05, 0) is 20.8 Å². The molecule has 0 bridgehead atoms. The highest BCUT2D eigenvalue weighted by Crippen LogP contribution is 2.15. The Balaban J connectivity index is 2.72. The van der Waals surface area contributed by atoms with Gasteiger partial charge in [0.2, 0.25) is 5.91 Å². The fraction of sp³-hybridized carbons (Fsp3) is 0.846. The second-order valence-electron chi connectivity index (χ2n) is 6.47. The molecule has 128 valence electrons. The number of hydrogen-bond donors (Lipinski definition) is 1. The molecule has 8 nitrogen and oxygen atoms in total. The van der Waals surface area contributed by atoms with E-state index in [9.17, 15) is 18.0 Å². The van der Waals surface area contributed by atoms with Crippen LogP contribution in [0.5, 0.6) is 0 Å². The van der Waals surface area contributed by atoms with Gasteiger partial charge in [-0.25, -0.2) is 13.2 Å². The third-order valence-corrected chi connectivity index (χ3v) is 3.88. The van der Waals surface area contributed by atoms with Crippen molar-refractivity contribution in [3.63, 3.8) is 0 Å². The Morgan fingerprint density at radius 3 is 2.32 bits per heavy atom. The number of piperazine rings is 1. The molecular formula is C13H25N3O5S. The number of rotatable bonds is 3. The molecule has 2 N–H and O–H groups in total. The molecule has 9 heteroatoms. The van der Waals surface area contributed by atoms with Gasteiger partial charge in [0.15, 0.2) is 9.84 Å². The molecule has 0 radical (unpaired) electrons. The lowest BCUT2D eigenvalue weighted by Crippen LogP contribution is -2.60. The van der Waals surface area contributed by atoms with E-state index in [-0.39, 0.29) is 19.6 Å². The number of carbonyl (C=O) groups excluding carboxylic acids is 2. The average molecular weight is 335 g/mol. The van der Waals surface area contributed by atoms with Crippen LogP contribution in [0.15, 0.2) is 0 Å². The second-order valence-corrected chi connectivity index (χ2v) is 8.61. The number of nitrogens with zero attached hydrogens (tertiary/aromatic N) is 2. The zero-order valence-electron chi connectivity index (χ0n) is 13.5. The van der Waals surface area contributed by atoms with Crippen molar-refractivity contribution in [3.05, 3.63) is 0 Å². The van der Waals surface area contributed by atoms with E-state index in [0.29, 0.717) is 6.54 Å². The number of nitrogens with two attached hydrogens (primary N) is 1. The molecule has 1 atom stereocenters. The number of ether oxygens (including phenoxy) is 1. The Hall–Kier alpha value is -1.35. The highest BCUT2D eigenvalue weighted by Gasteiger charge is 2.34. The van der Waals surface area contributed by atoms with Crippen molar-refractivity contribution in [1.82, 2.24) is 9.80 Å². The van der Waals surface area contributed by atoms with E-state index in [2.05, 4.69) is 0 Å². The van der Waals surface area contributed by atoms with Crippen LogP contribution in [0.25, 0.3) is 0 Å². The topological polar surface area (TPSA) is 110 Å². The minimum atomic E-state index is -3.40. The molecule has 1 aliphatic rings. The molecule has 22 heavy (non-hydrogen) atoms. The normalized spacial score (nSPS) is 20.0. The van der Waals surface area contributed by atoms with Crippen LogP contribution in [0.3, 0.4) is 0 Å². The highest BCUT2D eigenvalue weighted by atomic mass is 32.2. The van der Waals surface area contributed by atoms with Gasteiger partial charge in [-0.15, -0.1) is 0 Å². The fourth-order valence-corrected chi connectivity index (χ4v) is 2.80. The molecule has 1 saturated heterocycles. The highest BCUT2D eigenvalue weighted by molar-refractivity contribution is 7.91. The van der Waals surface area contributed by atoms with Crippen LogP contribution in [0.1, 0.15) is 20.8 Å². The monoisotopic (exact) mass is 335 g/mol. The summed E-state index contributed by atoms with van der Waals surface area (Å²) in [6.45, 7) is 6.25. The van der Waals surface area contributed by atoms with Crippen LogP contribution in [-0.2, 0) is 19.4 Å². The van der Waals surface area contributed by atoms with Crippen molar-refractivity contribution in [1.29, 1.82) is 0 Å². The summed E-state index contributed by atoms with van der Waals surface area (Å²) in [4.78, 5) is 27.0. The van der Waals surface area contributed by atoms with Gasteiger partial charge in [-0.3, -0.25) is 4.79 Å². The van der Waals surface area contributed by atoms with Crippen LogP contribution in [0.4, 0.5) is 4.79 Å². The Labute approximate surface area is 131 Å². The van der Waals surface area contributed by atoms with E-state index in [1.54, 1.807) is 20.8 Å². The van der Waals surface area contributed by atoms with E-state index in [4.69, 9.17) is 10.5 Å². The van der Waals surface area contributed by atoms with Crippen molar-refractivity contribution in [2.24, 2.45) is 5.73 Å². The molecule has 0 aromatic carbocycles. The molecule has 0 aromatic rings. The van der Waals surface area contributed by atoms with Gasteiger partial charge in [0.1, 0.15) is 11.4 Å². The predicted octanol–water partition coefficient (Wildman–Crippen LogP) is -0.562. The maximum atomic E-state index is 12.0. The van der Waals surface area contributed by atoms with Gasteiger partial charge in [0, 0.05) is 32.4 Å². The molecule has 1 aliphatic heterocycles. The Morgan fingerprint density at radius 2 is 1.86 bits per heavy atom. The van der Waals surface area contributed by atoms with E-state index in [1.165, 1.54) is 9.80 Å². The van der Waals surface area contributed by atoms with E-state index in [0.717, 1.165) is 6.26 Å². The maximum Gasteiger partial charge on any atom is 0.410 e. The zero-order valence-corrected chi connectivity index (χ0v) is 14.4. The lowest BCUT2D eigenvalue weighted by atomic mass is 10.1. The Kier molecular flexibility index (Phi) is 5.80. The van der Waals surface area contributed by atoms with Gasteiger partial charge in [-0.1, -0.05) is 0 Å². The van der Waals surface area contributed by atoms with E-state index >= 15 is 0 Å². The van der Waals surface area contributed by atoms with E-state index < -0.39 is 39.2 Å². The fourth-order valence-electron chi connectivity index (χ4n) is 2.18. The molecule has 1 unspecified atom stereocenters. The minimum Gasteiger partial charge on any atom is -0.444 e. The molecule has 0 aliphatic carbocycles. The summed E-state index contributed by atoms with van der Waals surface area (Å²) >= 11 is 0. The summed E-state index contributed by atoms with van der Waals surface area (Å²) in [5, 5.41) is 0. The Bertz CT molecular complexity index is 526. The largest absolute Gasteiger partial charge is 0.444 e. The standard InChI is InChI=1S/C13H25N3O5S/c1-13(2,3)21-12(18)15-5-6-16(10(7-14)8-15)11(17)9-22(4,19)20/h10H,5-9,14H2,1-4H3. The minimum absolute atomic E-state index is 0.148. The van der Waals surface area contributed by atoms with Gasteiger partial charge >= 0.3 is 6.09 Å². The molecule has 0 saturated carbocycles. The molecule has 1 fully saturated rings. The summed E-state index contributed by atoms with van der Waals surface area (Å²) in [5.41, 5.74) is 5.06. The van der Waals surface area contributed by atoms with Crippen molar-refractivity contribution < 1.29 is 22.7 Å². The summed E-state index contributed by atoms with van der Waals surface area (Å²) < 4.78 is 27.8. The van der Waals surface area contributed by atoms with Crippen molar-refractivity contribution >= 4 is 21.8 Å². The Morgan fingerprint density at radius 1 is 1.27 bits per heavy atom. The van der Waals surface area contributed by atoms with E-state index in [1.807, 2.05) is 0 Å². The number of carbonyl (C=O) groups is 2. The lowest BCUT2D eigenvalue weighted by Gasteiger charge is -2.41. The summed E-state index contributed by atoms with van der Waals surface area (Å²) in [6.07, 6.45) is 0.556. The molecule has 0 spiro atoms. The van der Waals surface area contributed by atoms with Crippen LogP contribution in [0, 0.1) is 0 Å². The lowest BCUT2D eigenvalue weighted by molar-refractivity contribution is -0.133. The van der Waals surface area contributed by atoms with Gasteiger partial charge in [0.05, 0.1) is 6.04 Å². The van der Waals surface area contributed by atoms with Crippen LogP contribution < -0.4 is 5.73 Å². The molecule has 0 aromatic heterocycles. The second kappa shape index (κ2) is 6.82. The maximum absolute atomic E-state index is 12.0. The number of amides is 2. The predicted molar refractivity (Wildman–Crippen MR) is 82.1 cm³/mol. The molecule has 1 rings (SSSR count).